The molecule has 4 rings (SSSR count). The average molecular weight is 422 g/mol. The summed E-state index contributed by atoms with van der Waals surface area (Å²) in [7, 11) is 1.57. The number of nitro groups is 1. The van der Waals surface area contributed by atoms with Crippen LogP contribution < -0.4 is 10.1 Å². The Hall–Kier alpha value is -4.21. The van der Waals surface area contributed by atoms with E-state index in [1.54, 1.807) is 37.4 Å². The molecule has 0 aliphatic carbocycles. The quantitative estimate of drug-likeness (QED) is 0.367. The van der Waals surface area contributed by atoms with Crippen LogP contribution in [0, 0.1) is 10.1 Å². The summed E-state index contributed by atoms with van der Waals surface area (Å²) in [5.41, 5.74) is -0.171. The Morgan fingerprint density at radius 2 is 1.97 bits per heavy atom. The van der Waals surface area contributed by atoms with Crippen molar-refractivity contribution in [2.45, 2.75) is 19.0 Å². The lowest BCUT2D eigenvalue weighted by Crippen LogP contribution is -2.40. The number of non-ortho nitro benzene ring substituents is 1. The molecule has 1 atom stereocenters. The summed E-state index contributed by atoms with van der Waals surface area (Å²) in [4.78, 5) is 41.5. The van der Waals surface area contributed by atoms with Crippen LogP contribution >= 0.6 is 0 Å². The van der Waals surface area contributed by atoms with E-state index in [0.29, 0.717) is 28.5 Å². The third-order valence-corrected chi connectivity index (χ3v) is 5.12. The molecule has 2 aromatic carbocycles. The molecule has 2 heterocycles. The van der Waals surface area contributed by atoms with Crippen LogP contribution in [0.2, 0.25) is 0 Å². The highest BCUT2D eigenvalue weighted by Gasteiger charge is 2.49. The summed E-state index contributed by atoms with van der Waals surface area (Å²) in [5.74, 6) is 0.494. The van der Waals surface area contributed by atoms with Gasteiger partial charge in [0.25, 0.3) is 11.6 Å². The summed E-state index contributed by atoms with van der Waals surface area (Å²) in [5, 5.41) is 13.7. The maximum Gasteiger partial charge on any atom is 0.325 e. The number of imide groups is 1. The van der Waals surface area contributed by atoms with Gasteiger partial charge in [0.15, 0.2) is 0 Å². The lowest BCUT2D eigenvalue weighted by molar-refractivity contribution is -0.385. The lowest BCUT2D eigenvalue weighted by atomic mass is 9.91. The number of nitro benzene ring substituents is 1. The highest BCUT2D eigenvalue weighted by molar-refractivity contribution is 6.07. The van der Waals surface area contributed by atoms with Crippen molar-refractivity contribution in [3.05, 3.63) is 76.2 Å². The van der Waals surface area contributed by atoms with Crippen molar-refractivity contribution in [1.29, 1.82) is 0 Å². The first-order valence-corrected chi connectivity index (χ1v) is 9.29. The van der Waals surface area contributed by atoms with Gasteiger partial charge in [0.1, 0.15) is 17.6 Å². The van der Waals surface area contributed by atoms with Crippen LogP contribution in [0.25, 0.3) is 11.5 Å². The number of hydrogen-bond donors (Lipinski definition) is 1. The maximum absolute atomic E-state index is 13.1. The number of benzene rings is 2. The summed E-state index contributed by atoms with van der Waals surface area (Å²) < 4.78 is 10.6. The van der Waals surface area contributed by atoms with Crippen LogP contribution in [0.1, 0.15) is 18.2 Å². The third-order valence-electron chi connectivity index (χ3n) is 5.12. The van der Waals surface area contributed by atoms with Gasteiger partial charge in [-0.2, -0.15) is 0 Å². The van der Waals surface area contributed by atoms with Crippen LogP contribution in [0.4, 0.5) is 10.5 Å². The molecule has 1 aromatic heterocycles. The summed E-state index contributed by atoms with van der Waals surface area (Å²) in [6.45, 7) is 1.41. The predicted octanol–water partition coefficient (Wildman–Crippen LogP) is 3.23. The molecule has 1 aliphatic heterocycles. The van der Waals surface area contributed by atoms with Gasteiger partial charge in [-0.1, -0.05) is 12.1 Å². The first-order valence-electron chi connectivity index (χ1n) is 9.29. The predicted molar refractivity (Wildman–Crippen MR) is 108 cm³/mol. The monoisotopic (exact) mass is 422 g/mol. The van der Waals surface area contributed by atoms with Gasteiger partial charge in [-0.3, -0.25) is 19.8 Å². The molecule has 1 fully saturated rings. The molecule has 10 heteroatoms. The minimum absolute atomic E-state index is 0.102. The number of carbonyl (C=O) groups excluding carboxylic acids is 2. The van der Waals surface area contributed by atoms with Crippen molar-refractivity contribution in [2.24, 2.45) is 0 Å². The zero-order chi connectivity index (χ0) is 22.2. The summed E-state index contributed by atoms with van der Waals surface area (Å²) in [6.07, 6.45) is 1.38. The number of amides is 3. The van der Waals surface area contributed by atoms with E-state index in [9.17, 15) is 19.7 Å². The zero-order valence-corrected chi connectivity index (χ0v) is 16.7. The van der Waals surface area contributed by atoms with Gasteiger partial charge in [-0.05, 0) is 36.8 Å². The molecule has 0 spiro atoms. The number of oxazole rings is 1. The van der Waals surface area contributed by atoms with E-state index >= 15 is 0 Å². The molecule has 1 unspecified atom stereocenters. The van der Waals surface area contributed by atoms with E-state index in [2.05, 4.69) is 10.3 Å². The van der Waals surface area contributed by atoms with Crippen molar-refractivity contribution in [3.63, 3.8) is 0 Å². The standard InChI is InChI=1S/C21H18N4O6/c1-21(14-4-3-5-16(10-14)25(28)29)19(26)24(20(27)23-21)11-15-12-31-18(22-15)13-6-8-17(30-2)9-7-13/h3-10,12H,11H2,1-2H3,(H,23,27). The fourth-order valence-electron chi connectivity index (χ4n) is 3.37. The van der Waals surface area contributed by atoms with Crippen molar-refractivity contribution >= 4 is 17.6 Å². The van der Waals surface area contributed by atoms with Crippen molar-refractivity contribution < 1.29 is 23.7 Å². The molecule has 0 bridgehead atoms. The Morgan fingerprint density at radius 3 is 2.65 bits per heavy atom. The van der Waals surface area contributed by atoms with Crippen LogP contribution in [-0.4, -0.2) is 33.9 Å². The van der Waals surface area contributed by atoms with Gasteiger partial charge in [0, 0.05) is 17.7 Å². The van der Waals surface area contributed by atoms with E-state index in [1.807, 2.05) is 0 Å². The molecular formula is C21H18N4O6. The number of ether oxygens (including phenoxy) is 1. The Balaban J connectivity index is 1.55. The van der Waals surface area contributed by atoms with Gasteiger partial charge in [0.2, 0.25) is 5.89 Å². The lowest BCUT2D eigenvalue weighted by Gasteiger charge is -2.21. The summed E-state index contributed by atoms with van der Waals surface area (Å²) >= 11 is 0. The normalized spacial score (nSPS) is 18.2. The van der Waals surface area contributed by atoms with Crippen LogP contribution in [0.15, 0.2) is 59.2 Å². The average Bonchev–Trinajstić information content (AvgIpc) is 3.33. The first kappa shape index (κ1) is 20.1. The third kappa shape index (κ3) is 3.59. The van der Waals surface area contributed by atoms with E-state index in [0.717, 1.165) is 4.90 Å². The van der Waals surface area contributed by atoms with Crippen LogP contribution in [-0.2, 0) is 16.9 Å². The highest BCUT2D eigenvalue weighted by Crippen LogP contribution is 2.32. The van der Waals surface area contributed by atoms with Gasteiger partial charge in [0.05, 0.1) is 24.3 Å². The highest BCUT2D eigenvalue weighted by atomic mass is 16.6. The SMILES string of the molecule is COc1ccc(-c2nc(CN3C(=O)NC(C)(c4cccc([N+](=O)[O-])c4)C3=O)co2)cc1. The number of methoxy groups -OCH3 is 1. The number of nitrogens with zero attached hydrogens (tertiary/aromatic N) is 3. The Morgan fingerprint density at radius 1 is 1.23 bits per heavy atom. The second-order valence-corrected chi connectivity index (χ2v) is 7.13. The fraction of sp³-hybridized carbons (Fsp3) is 0.190. The van der Waals surface area contributed by atoms with Crippen molar-refractivity contribution in [1.82, 2.24) is 15.2 Å². The van der Waals surface area contributed by atoms with Gasteiger partial charge < -0.3 is 14.5 Å². The minimum atomic E-state index is -1.42. The molecule has 10 nitrogen and oxygen atoms in total. The Bertz CT molecular complexity index is 1170. The van der Waals surface area contributed by atoms with Crippen LogP contribution in [0.5, 0.6) is 5.75 Å². The summed E-state index contributed by atoms with van der Waals surface area (Å²) in [6, 6.07) is 12.1. The fourth-order valence-corrected chi connectivity index (χ4v) is 3.37. The second-order valence-electron chi connectivity index (χ2n) is 7.13. The first-order chi connectivity index (χ1) is 14.8. The molecule has 1 aliphatic rings. The van der Waals surface area contributed by atoms with Crippen molar-refractivity contribution in [2.75, 3.05) is 7.11 Å². The number of carbonyl (C=O) groups is 2. The number of rotatable bonds is 6. The van der Waals surface area contributed by atoms with Gasteiger partial charge in [-0.25, -0.2) is 9.78 Å². The second kappa shape index (κ2) is 7.56. The van der Waals surface area contributed by atoms with E-state index in [-0.39, 0.29) is 12.2 Å². The molecule has 3 aromatic rings. The number of nitrogens with one attached hydrogen (secondary N) is 1. The zero-order valence-electron chi connectivity index (χ0n) is 16.7. The van der Waals surface area contributed by atoms with Crippen LogP contribution in [0.3, 0.4) is 0 Å². The molecule has 158 valence electrons. The molecule has 3 amide bonds. The molecule has 31 heavy (non-hydrogen) atoms. The molecule has 1 saturated heterocycles. The largest absolute Gasteiger partial charge is 0.497 e. The molecule has 0 saturated carbocycles. The van der Waals surface area contributed by atoms with Crippen molar-refractivity contribution in [3.8, 4) is 17.2 Å². The number of aromatic nitrogens is 1. The maximum atomic E-state index is 13.1. The van der Waals surface area contributed by atoms with E-state index in [4.69, 9.17) is 9.15 Å². The van der Waals surface area contributed by atoms with E-state index in [1.165, 1.54) is 31.4 Å². The topological polar surface area (TPSA) is 128 Å². The minimum Gasteiger partial charge on any atom is -0.497 e. The van der Waals surface area contributed by atoms with Gasteiger partial charge >= 0.3 is 6.03 Å². The van der Waals surface area contributed by atoms with E-state index < -0.39 is 22.4 Å². The van der Waals surface area contributed by atoms with Gasteiger partial charge in [-0.15, -0.1) is 0 Å². The molecule has 1 N–H and O–H groups in total. The Kier molecular flexibility index (Phi) is 4.90. The molecular weight excluding hydrogens is 404 g/mol. The number of hydrogen-bond acceptors (Lipinski definition) is 7. The smallest absolute Gasteiger partial charge is 0.325 e. The Labute approximate surface area is 176 Å². The molecule has 0 radical (unpaired) electrons. The number of urea groups is 1.